The zero-order valence-corrected chi connectivity index (χ0v) is 11.4. The van der Waals surface area contributed by atoms with Crippen LogP contribution in [0, 0.1) is 0 Å². The van der Waals surface area contributed by atoms with E-state index in [-0.39, 0.29) is 18.0 Å². The lowest BCUT2D eigenvalue weighted by molar-refractivity contribution is -0.137. The molecule has 2 rings (SSSR count). The lowest BCUT2D eigenvalue weighted by Gasteiger charge is -2.14. The van der Waals surface area contributed by atoms with Crippen LogP contribution in [0.2, 0.25) is 0 Å². The Hall–Kier alpha value is -2.30. The van der Waals surface area contributed by atoms with Crippen LogP contribution in [0.15, 0.2) is 48.5 Å². The quantitative estimate of drug-likeness (QED) is 0.840. The van der Waals surface area contributed by atoms with Gasteiger partial charge in [-0.05, 0) is 24.6 Å². The standard InChI is InChI=1S/C16H14F3NO/c1-11(21)13-8-6-12(7-9-13)10-20-15-5-3-2-4-14(15)16(17,18)19/h2-9,20H,10H2,1H3. The fraction of sp³-hybridized carbons (Fsp3) is 0.188. The number of anilines is 1. The third kappa shape index (κ3) is 3.84. The van der Waals surface area contributed by atoms with Crippen molar-refractivity contribution in [3.63, 3.8) is 0 Å². The zero-order valence-electron chi connectivity index (χ0n) is 11.4. The Kier molecular flexibility index (Phi) is 4.31. The molecule has 2 nitrogen and oxygen atoms in total. The molecule has 0 atom stereocenters. The molecule has 2 aromatic carbocycles. The molecule has 0 aliphatic carbocycles. The second-order valence-electron chi connectivity index (χ2n) is 4.65. The average molecular weight is 293 g/mol. The highest BCUT2D eigenvalue weighted by Crippen LogP contribution is 2.34. The largest absolute Gasteiger partial charge is 0.418 e. The molecule has 5 heteroatoms. The smallest absolute Gasteiger partial charge is 0.380 e. The van der Waals surface area contributed by atoms with Crippen molar-refractivity contribution >= 4 is 11.5 Å². The van der Waals surface area contributed by atoms with E-state index in [0.29, 0.717) is 5.56 Å². The van der Waals surface area contributed by atoms with Crippen LogP contribution in [0.25, 0.3) is 0 Å². The maximum Gasteiger partial charge on any atom is 0.418 e. The van der Waals surface area contributed by atoms with Gasteiger partial charge in [-0.1, -0.05) is 36.4 Å². The van der Waals surface area contributed by atoms with Gasteiger partial charge in [0.25, 0.3) is 0 Å². The van der Waals surface area contributed by atoms with Crippen molar-refractivity contribution < 1.29 is 18.0 Å². The van der Waals surface area contributed by atoms with E-state index in [1.165, 1.54) is 19.1 Å². The summed E-state index contributed by atoms with van der Waals surface area (Å²) < 4.78 is 38.5. The molecule has 0 spiro atoms. The molecular formula is C16H14F3NO. The third-order valence-electron chi connectivity index (χ3n) is 3.08. The molecule has 2 aromatic rings. The number of halogens is 3. The van der Waals surface area contributed by atoms with Gasteiger partial charge < -0.3 is 5.32 Å². The first kappa shape index (κ1) is 15.1. The number of carbonyl (C=O) groups is 1. The minimum Gasteiger partial charge on any atom is -0.380 e. The van der Waals surface area contributed by atoms with Crippen LogP contribution < -0.4 is 5.32 Å². The maximum absolute atomic E-state index is 12.8. The minimum atomic E-state index is -4.39. The van der Waals surface area contributed by atoms with Gasteiger partial charge in [0.15, 0.2) is 5.78 Å². The lowest BCUT2D eigenvalue weighted by Crippen LogP contribution is -2.10. The number of para-hydroxylation sites is 1. The number of alkyl halides is 3. The first-order valence-corrected chi connectivity index (χ1v) is 6.38. The monoisotopic (exact) mass is 293 g/mol. The van der Waals surface area contributed by atoms with Gasteiger partial charge in [0, 0.05) is 17.8 Å². The summed E-state index contributed by atoms with van der Waals surface area (Å²) in [5.74, 6) is -0.0445. The van der Waals surface area contributed by atoms with E-state index >= 15 is 0 Å². The Bertz CT molecular complexity index is 633. The molecule has 0 fully saturated rings. The van der Waals surface area contributed by atoms with Crippen LogP contribution in [0.1, 0.15) is 28.4 Å². The maximum atomic E-state index is 12.8. The van der Waals surface area contributed by atoms with Gasteiger partial charge >= 0.3 is 6.18 Å². The predicted octanol–water partition coefficient (Wildman–Crippen LogP) is 4.52. The molecule has 0 heterocycles. The van der Waals surface area contributed by atoms with Crippen molar-refractivity contribution in [1.29, 1.82) is 0 Å². The van der Waals surface area contributed by atoms with E-state index in [1.54, 1.807) is 30.3 Å². The van der Waals surface area contributed by atoms with E-state index in [4.69, 9.17) is 0 Å². The summed E-state index contributed by atoms with van der Waals surface area (Å²) >= 11 is 0. The highest BCUT2D eigenvalue weighted by atomic mass is 19.4. The Morgan fingerprint density at radius 2 is 1.67 bits per heavy atom. The molecule has 0 saturated heterocycles. The molecule has 0 saturated carbocycles. The van der Waals surface area contributed by atoms with Gasteiger partial charge in [-0.25, -0.2) is 0 Å². The molecule has 0 amide bonds. The Morgan fingerprint density at radius 1 is 1.05 bits per heavy atom. The number of ketones is 1. The Morgan fingerprint density at radius 3 is 2.24 bits per heavy atom. The van der Waals surface area contributed by atoms with Crippen molar-refractivity contribution in [3.05, 3.63) is 65.2 Å². The summed E-state index contributed by atoms with van der Waals surface area (Å²) in [5.41, 5.74) is 0.734. The fourth-order valence-corrected chi connectivity index (χ4v) is 1.94. The van der Waals surface area contributed by atoms with Crippen LogP contribution in [-0.2, 0) is 12.7 Å². The average Bonchev–Trinajstić information content (AvgIpc) is 2.45. The number of hydrogen-bond donors (Lipinski definition) is 1. The van der Waals surface area contributed by atoms with Gasteiger partial charge in [0.05, 0.1) is 5.56 Å². The highest BCUT2D eigenvalue weighted by Gasteiger charge is 2.32. The predicted molar refractivity (Wildman–Crippen MR) is 75.2 cm³/mol. The first-order chi connectivity index (χ1) is 9.88. The number of nitrogens with one attached hydrogen (secondary N) is 1. The van der Waals surface area contributed by atoms with E-state index in [1.807, 2.05) is 0 Å². The summed E-state index contributed by atoms with van der Waals surface area (Å²) in [6.45, 7) is 1.72. The molecule has 110 valence electrons. The van der Waals surface area contributed by atoms with Crippen LogP contribution in [0.3, 0.4) is 0 Å². The van der Waals surface area contributed by atoms with E-state index in [0.717, 1.165) is 11.6 Å². The second kappa shape index (κ2) is 5.99. The summed E-state index contributed by atoms with van der Waals surface area (Å²) in [7, 11) is 0. The van der Waals surface area contributed by atoms with Gasteiger partial charge in [-0.3, -0.25) is 4.79 Å². The van der Waals surface area contributed by atoms with Gasteiger partial charge in [0.2, 0.25) is 0 Å². The molecule has 0 radical (unpaired) electrons. The summed E-state index contributed by atoms with van der Waals surface area (Å²) in [6, 6.07) is 12.1. The molecule has 1 N–H and O–H groups in total. The van der Waals surface area contributed by atoms with Crippen LogP contribution in [-0.4, -0.2) is 5.78 Å². The molecular weight excluding hydrogens is 279 g/mol. The number of benzene rings is 2. The van der Waals surface area contributed by atoms with Gasteiger partial charge in [0.1, 0.15) is 0 Å². The summed E-state index contributed by atoms with van der Waals surface area (Å²) in [5, 5.41) is 2.78. The Labute approximate surface area is 120 Å². The van der Waals surface area contributed by atoms with E-state index in [9.17, 15) is 18.0 Å². The van der Waals surface area contributed by atoms with Gasteiger partial charge in [-0.2, -0.15) is 13.2 Å². The fourth-order valence-electron chi connectivity index (χ4n) is 1.94. The topological polar surface area (TPSA) is 29.1 Å². The van der Waals surface area contributed by atoms with Crippen molar-refractivity contribution in [3.8, 4) is 0 Å². The molecule has 0 aromatic heterocycles. The minimum absolute atomic E-state index is 0.0423. The van der Waals surface area contributed by atoms with Crippen LogP contribution >= 0.6 is 0 Å². The molecule has 0 aliphatic heterocycles. The van der Waals surface area contributed by atoms with Crippen molar-refractivity contribution in [2.75, 3.05) is 5.32 Å². The first-order valence-electron chi connectivity index (χ1n) is 6.38. The molecule has 0 bridgehead atoms. The highest BCUT2D eigenvalue weighted by molar-refractivity contribution is 5.94. The zero-order chi connectivity index (χ0) is 15.5. The van der Waals surface area contributed by atoms with Crippen molar-refractivity contribution in [1.82, 2.24) is 0 Å². The number of hydrogen-bond acceptors (Lipinski definition) is 2. The van der Waals surface area contributed by atoms with Gasteiger partial charge in [-0.15, -0.1) is 0 Å². The summed E-state index contributed by atoms with van der Waals surface area (Å²) in [6.07, 6.45) is -4.39. The summed E-state index contributed by atoms with van der Waals surface area (Å²) in [4.78, 5) is 11.2. The van der Waals surface area contributed by atoms with Crippen molar-refractivity contribution in [2.24, 2.45) is 0 Å². The van der Waals surface area contributed by atoms with Crippen LogP contribution in [0.5, 0.6) is 0 Å². The number of carbonyl (C=O) groups excluding carboxylic acids is 1. The lowest BCUT2D eigenvalue weighted by atomic mass is 10.1. The second-order valence-corrected chi connectivity index (χ2v) is 4.65. The molecule has 0 unspecified atom stereocenters. The SMILES string of the molecule is CC(=O)c1ccc(CNc2ccccc2C(F)(F)F)cc1. The number of rotatable bonds is 4. The van der Waals surface area contributed by atoms with Crippen LogP contribution in [0.4, 0.5) is 18.9 Å². The molecule has 0 aliphatic rings. The van der Waals surface area contributed by atoms with Crippen molar-refractivity contribution in [2.45, 2.75) is 19.6 Å². The van der Waals surface area contributed by atoms with E-state index in [2.05, 4.69) is 5.32 Å². The Balaban J connectivity index is 2.12. The van der Waals surface area contributed by atoms with E-state index < -0.39 is 11.7 Å². The number of Topliss-reactive ketones (excluding diaryl/α,β-unsaturated/α-hetero) is 1. The normalized spacial score (nSPS) is 11.2. The molecule has 21 heavy (non-hydrogen) atoms. The third-order valence-corrected chi connectivity index (χ3v) is 3.08.